The highest BCUT2D eigenvalue weighted by molar-refractivity contribution is 6.00. The molecular formula is C25H20N4O3. The molecule has 1 aliphatic carbocycles. The lowest BCUT2D eigenvalue weighted by Crippen LogP contribution is -2.26. The van der Waals surface area contributed by atoms with E-state index in [0.29, 0.717) is 23.8 Å². The zero-order valence-corrected chi connectivity index (χ0v) is 17.5. The molecule has 3 heterocycles. The van der Waals surface area contributed by atoms with Gasteiger partial charge in [0.25, 0.3) is 0 Å². The van der Waals surface area contributed by atoms with E-state index in [1.54, 1.807) is 18.0 Å². The van der Waals surface area contributed by atoms with Gasteiger partial charge in [-0.05, 0) is 36.2 Å². The molecule has 1 aliphatic heterocycles. The molecule has 32 heavy (non-hydrogen) atoms. The Bertz CT molecular complexity index is 1370. The number of ketones is 1. The molecule has 6 rings (SSSR count). The van der Waals surface area contributed by atoms with Crippen molar-refractivity contribution in [3.63, 3.8) is 0 Å². The number of nitrogens with zero attached hydrogens (tertiary/aromatic N) is 4. The number of fused-ring (bicyclic) bond motifs is 3. The molecule has 0 spiro atoms. The van der Waals surface area contributed by atoms with Gasteiger partial charge in [-0.25, -0.2) is 14.5 Å². The Morgan fingerprint density at radius 1 is 1.06 bits per heavy atom. The van der Waals surface area contributed by atoms with Crippen molar-refractivity contribution in [2.24, 2.45) is 0 Å². The molecular weight excluding hydrogens is 404 g/mol. The average molecular weight is 424 g/mol. The third kappa shape index (κ3) is 2.89. The number of allylic oxidation sites excluding steroid dienone is 2. The van der Waals surface area contributed by atoms with Crippen LogP contribution in [0.1, 0.15) is 36.3 Å². The number of Topliss-reactive ketones (excluding diaryl/α,β-unsaturated/α-hetero) is 1. The van der Waals surface area contributed by atoms with Crippen LogP contribution in [0.5, 0.6) is 11.6 Å². The molecule has 158 valence electrons. The summed E-state index contributed by atoms with van der Waals surface area (Å²) < 4.78 is 13.1. The fraction of sp³-hybridized carbons (Fsp3) is 0.200. The van der Waals surface area contributed by atoms with Crippen LogP contribution >= 0.6 is 0 Å². The monoisotopic (exact) mass is 424 g/mol. The molecule has 1 unspecified atom stereocenters. The zero-order chi connectivity index (χ0) is 21.7. The minimum absolute atomic E-state index is 0.127. The second-order valence-corrected chi connectivity index (χ2v) is 7.95. The van der Waals surface area contributed by atoms with E-state index in [1.165, 1.54) is 0 Å². The summed E-state index contributed by atoms with van der Waals surface area (Å²) in [6, 6.07) is 17.6. The molecule has 7 heteroatoms. The van der Waals surface area contributed by atoms with Gasteiger partial charge in [0.05, 0.1) is 12.7 Å². The minimum Gasteiger partial charge on any atom is -0.497 e. The summed E-state index contributed by atoms with van der Waals surface area (Å²) in [5.74, 6) is 2.41. The smallest absolute Gasteiger partial charge is 0.228 e. The van der Waals surface area contributed by atoms with Gasteiger partial charge in [0, 0.05) is 29.9 Å². The van der Waals surface area contributed by atoms with Gasteiger partial charge in [0.15, 0.2) is 17.3 Å². The number of rotatable bonds is 3. The predicted molar refractivity (Wildman–Crippen MR) is 118 cm³/mol. The molecule has 2 aromatic heterocycles. The van der Waals surface area contributed by atoms with Crippen LogP contribution in [0.3, 0.4) is 0 Å². The van der Waals surface area contributed by atoms with Crippen molar-refractivity contribution in [1.82, 2.24) is 19.6 Å². The molecule has 0 radical (unpaired) electrons. The van der Waals surface area contributed by atoms with Crippen molar-refractivity contribution in [3.8, 4) is 23.0 Å². The van der Waals surface area contributed by atoms with Gasteiger partial charge in [-0.1, -0.05) is 30.3 Å². The number of carbonyl (C=O) groups is 1. The van der Waals surface area contributed by atoms with E-state index in [1.807, 2.05) is 54.6 Å². The SMILES string of the molecule is COc1ccc(-c2nc3c4c(ncn3n2)OC2=C(C(=O)CCC2)C4c2ccccc2)cc1. The highest BCUT2D eigenvalue weighted by Crippen LogP contribution is 2.47. The third-order valence-electron chi connectivity index (χ3n) is 6.07. The number of methoxy groups -OCH3 is 1. The highest BCUT2D eigenvalue weighted by atomic mass is 16.5. The van der Waals surface area contributed by atoms with E-state index in [0.717, 1.165) is 46.6 Å². The van der Waals surface area contributed by atoms with Gasteiger partial charge in [0.2, 0.25) is 5.88 Å². The Labute approximate surface area is 184 Å². The fourth-order valence-electron chi connectivity index (χ4n) is 4.56. The summed E-state index contributed by atoms with van der Waals surface area (Å²) >= 11 is 0. The van der Waals surface area contributed by atoms with E-state index in [9.17, 15) is 4.79 Å². The molecule has 0 fully saturated rings. The summed E-state index contributed by atoms with van der Waals surface area (Å²) in [6.45, 7) is 0. The lowest BCUT2D eigenvalue weighted by Gasteiger charge is -2.31. The van der Waals surface area contributed by atoms with Crippen molar-refractivity contribution < 1.29 is 14.3 Å². The molecule has 0 amide bonds. The van der Waals surface area contributed by atoms with Crippen molar-refractivity contribution in [2.75, 3.05) is 7.11 Å². The Kier molecular flexibility index (Phi) is 4.28. The summed E-state index contributed by atoms with van der Waals surface area (Å²) in [5.41, 5.74) is 4.02. The molecule has 7 nitrogen and oxygen atoms in total. The van der Waals surface area contributed by atoms with E-state index in [2.05, 4.69) is 10.1 Å². The first-order valence-electron chi connectivity index (χ1n) is 10.6. The van der Waals surface area contributed by atoms with E-state index in [4.69, 9.17) is 14.5 Å². The van der Waals surface area contributed by atoms with Crippen LogP contribution in [0.4, 0.5) is 0 Å². The van der Waals surface area contributed by atoms with Gasteiger partial charge < -0.3 is 9.47 Å². The number of hydrogen-bond donors (Lipinski definition) is 0. The zero-order valence-electron chi connectivity index (χ0n) is 17.5. The van der Waals surface area contributed by atoms with Crippen LogP contribution in [0.25, 0.3) is 17.0 Å². The number of benzene rings is 2. The van der Waals surface area contributed by atoms with Crippen LogP contribution in [0.2, 0.25) is 0 Å². The summed E-state index contributed by atoms with van der Waals surface area (Å²) in [5, 5.41) is 4.64. The third-order valence-corrected chi connectivity index (χ3v) is 6.07. The number of carbonyl (C=O) groups excluding carboxylic acids is 1. The largest absolute Gasteiger partial charge is 0.497 e. The van der Waals surface area contributed by atoms with Gasteiger partial charge in [-0.3, -0.25) is 4.79 Å². The Balaban J connectivity index is 1.57. The van der Waals surface area contributed by atoms with Crippen molar-refractivity contribution in [1.29, 1.82) is 0 Å². The average Bonchev–Trinajstić information content (AvgIpc) is 3.28. The van der Waals surface area contributed by atoms with Gasteiger partial charge >= 0.3 is 0 Å². The predicted octanol–water partition coefficient (Wildman–Crippen LogP) is 4.33. The molecule has 0 bridgehead atoms. The normalized spacial score (nSPS) is 17.7. The van der Waals surface area contributed by atoms with Gasteiger partial charge in [0.1, 0.15) is 17.8 Å². The molecule has 2 aliphatic rings. The molecule has 0 saturated heterocycles. The van der Waals surface area contributed by atoms with E-state index < -0.39 is 0 Å². The van der Waals surface area contributed by atoms with Crippen molar-refractivity contribution in [3.05, 3.63) is 83.4 Å². The summed E-state index contributed by atoms with van der Waals surface area (Å²) in [7, 11) is 1.63. The maximum absolute atomic E-state index is 13.0. The Morgan fingerprint density at radius 2 is 1.88 bits per heavy atom. The lowest BCUT2D eigenvalue weighted by atomic mass is 9.78. The van der Waals surface area contributed by atoms with Crippen LogP contribution in [-0.4, -0.2) is 32.5 Å². The standard InChI is InChI=1S/C25H20N4O3/c1-31-17-12-10-16(11-13-17)23-27-24-22-20(15-6-3-2-4-7-15)21-18(30)8-5-9-19(21)32-25(22)26-14-29(24)28-23/h2-4,6-7,10-14,20H,5,8-9H2,1H3. The van der Waals surface area contributed by atoms with Gasteiger partial charge in [-0.15, -0.1) is 5.10 Å². The van der Waals surface area contributed by atoms with Crippen LogP contribution in [0, 0.1) is 0 Å². The molecule has 0 saturated carbocycles. The Hall–Kier alpha value is -4.00. The topological polar surface area (TPSA) is 78.6 Å². The Morgan fingerprint density at radius 3 is 2.66 bits per heavy atom. The number of ether oxygens (including phenoxy) is 2. The van der Waals surface area contributed by atoms with Crippen LogP contribution < -0.4 is 9.47 Å². The first-order chi connectivity index (χ1) is 15.7. The van der Waals surface area contributed by atoms with Gasteiger partial charge in [-0.2, -0.15) is 0 Å². The minimum atomic E-state index is -0.285. The number of aromatic nitrogens is 4. The van der Waals surface area contributed by atoms with Crippen molar-refractivity contribution >= 4 is 11.4 Å². The maximum atomic E-state index is 13.0. The molecule has 0 N–H and O–H groups in total. The molecule has 1 atom stereocenters. The molecule has 2 aromatic carbocycles. The first-order valence-corrected chi connectivity index (χ1v) is 10.6. The first kappa shape index (κ1) is 18.7. The second-order valence-electron chi connectivity index (χ2n) is 7.95. The van der Waals surface area contributed by atoms with Crippen LogP contribution in [-0.2, 0) is 4.79 Å². The lowest BCUT2D eigenvalue weighted by molar-refractivity contribution is -0.116. The molecule has 4 aromatic rings. The number of hydrogen-bond acceptors (Lipinski definition) is 6. The van der Waals surface area contributed by atoms with E-state index in [-0.39, 0.29) is 11.7 Å². The van der Waals surface area contributed by atoms with E-state index >= 15 is 0 Å². The highest BCUT2D eigenvalue weighted by Gasteiger charge is 2.39. The summed E-state index contributed by atoms with van der Waals surface area (Å²) in [6.07, 6.45) is 3.68. The quantitative estimate of drug-likeness (QED) is 0.487. The van der Waals surface area contributed by atoms with Crippen molar-refractivity contribution in [2.45, 2.75) is 25.2 Å². The second kappa shape index (κ2) is 7.30. The fourth-order valence-corrected chi connectivity index (χ4v) is 4.56. The maximum Gasteiger partial charge on any atom is 0.228 e. The summed E-state index contributed by atoms with van der Waals surface area (Å²) in [4.78, 5) is 22.4. The van der Waals surface area contributed by atoms with Crippen LogP contribution in [0.15, 0.2) is 72.3 Å².